The van der Waals surface area contributed by atoms with Crippen molar-refractivity contribution in [3.63, 3.8) is 0 Å². The lowest BCUT2D eigenvalue weighted by molar-refractivity contribution is 0.283. The van der Waals surface area contributed by atoms with Gasteiger partial charge in [0.05, 0.1) is 13.7 Å². The summed E-state index contributed by atoms with van der Waals surface area (Å²) in [6.07, 6.45) is 21.6. The van der Waals surface area contributed by atoms with E-state index in [2.05, 4.69) is 44.0 Å². The highest BCUT2D eigenvalue weighted by Crippen LogP contribution is 2.29. The van der Waals surface area contributed by atoms with Crippen LogP contribution in [0.5, 0.6) is 11.5 Å². The third kappa shape index (κ3) is 14.8. The molecule has 3 heteroatoms. The number of methoxy groups -OCH3 is 1. The average molecular weight is 448 g/mol. The van der Waals surface area contributed by atoms with E-state index >= 15 is 0 Å². The standard InChI is InChI=1S/C29H53NO2/c1-5-7-9-11-13-14-15-16-17-19-23-30(3)26-27-21-22-28(29(25-27)31-4)32-24-20-18-12-10-8-6-2/h21-22,25H,5-20,23-24,26H2,1-4H3. The molecule has 0 aliphatic carbocycles. The van der Waals surface area contributed by atoms with Crippen LogP contribution in [0.2, 0.25) is 0 Å². The van der Waals surface area contributed by atoms with E-state index in [4.69, 9.17) is 9.47 Å². The molecule has 0 fully saturated rings. The highest BCUT2D eigenvalue weighted by atomic mass is 16.5. The van der Waals surface area contributed by atoms with Crippen LogP contribution in [-0.2, 0) is 6.54 Å². The first-order valence-electron chi connectivity index (χ1n) is 13.7. The Morgan fingerprint density at radius 2 is 1.19 bits per heavy atom. The molecule has 0 spiro atoms. The molecular formula is C29H53NO2. The summed E-state index contributed by atoms with van der Waals surface area (Å²) in [7, 11) is 3.97. The van der Waals surface area contributed by atoms with Crippen molar-refractivity contribution < 1.29 is 9.47 Å². The molecule has 1 rings (SSSR count). The molecule has 186 valence electrons. The molecule has 0 aromatic heterocycles. The van der Waals surface area contributed by atoms with E-state index in [-0.39, 0.29) is 0 Å². The molecule has 1 aromatic carbocycles. The Bertz CT molecular complexity index is 546. The summed E-state index contributed by atoms with van der Waals surface area (Å²) in [6.45, 7) is 7.45. The van der Waals surface area contributed by atoms with Gasteiger partial charge in [0.25, 0.3) is 0 Å². The fraction of sp³-hybridized carbons (Fsp3) is 0.793. The van der Waals surface area contributed by atoms with Crippen LogP contribution in [-0.4, -0.2) is 32.2 Å². The van der Waals surface area contributed by atoms with E-state index in [0.717, 1.165) is 37.6 Å². The van der Waals surface area contributed by atoms with E-state index < -0.39 is 0 Å². The molecule has 0 aliphatic heterocycles. The first-order valence-corrected chi connectivity index (χ1v) is 13.7. The van der Waals surface area contributed by atoms with Crippen LogP contribution in [0.4, 0.5) is 0 Å². The molecular weight excluding hydrogens is 394 g/mol. The predicted molar refractivity (Wildman–Crippen MR) is 140 cm³/mol. The third-order valence-electron chi connectivity index (χ3n) is 6.33. The Morgan fingerprint density at radius 3 is 1.75 bits per heavy atom. The maximum Gasteiger partial charge on any atom is 0.161 e. The van der Waals surface area contributed by atoms with Crippen molar-refractivity contribution in [2.24, 2.45) is 0 Å². The maximum atomic E-state index is 5.99. The summed E-state index contributed by atoms with van der Waals surface area (Å²) in [5.74, 6) is 1.74. The van der Waals surface area contributed by atoms with Gasteiger partial charge in [-0.1, -0.05) is 110 Å². The zero-order chi connectivity index (χ0) is 23.3. The van der Waals surface area contributed by atoms with Gasteiger partial charge in [0.1, 0.15) is 0 Å². The minimum atomic E-state index is 0.778. The molecule has 0 heterocycles. The number of rotatable bonds is 22. The van der Waals surface area contributed by atoms with E-state index in [1.807, 2.05) is 0 Å². The number of unbranched alkanes of at least 4 members (excludes halogenated alkanes) is 14. The number of hydrogen-bond donors (Lipinski definition) is 0. The van der Waals surface area contributed by atoms with Gasteiger partial charge in [0.2, 0.25) is 0 Å². The summed E-state index contributed by atoms with van der Waals surface area (Å²) >= 11 is 0. The number of nitrogens with zero attached hydrogens (tertiary/aromatic N) is 1. The van der Waals surface area contributed by atoms with E-state index in [0.29, 0.717) is 0 Å². The zero-order valence-corrected chi connectivity index (χ0v) is 21.9. The van der Waals surface area contributed by atoms with Crippen molar-refractivity contribution >= 4 is 0 Å². The summed E-state index contributed by atoms with van der Waals surface area (Å²) in [4.78, 5) is 2.43. The van der Waals surface area contributed by atoms with Gasteiger partial charge in [-0.2, -0.15) is 0 Å². The van der Waals surface area contributed by atoms with Crippen molar-refractivity contribution in [2.45, 2.75) is 123 Å². The van der Waals surface area contributed by atoms with Gasteiger partial charge >= 0.3 is 0 Å². The molecule has 0 unspecified atom stereocenters. The second kappa shape index (κ2) is 20.4. The molecule has 0 saturated carbocycles. The van der Waals surface area contributed by atoms with Gasteiger partial charge in [-0.05, 0) is 44.1 Å². The topological polar surface area (TPSA) is 21.7 Å². The Balaban J connectivity index is 2.18. The molecule has 0 N–H and O–H groups in total. The van der Waals surface area contributed by atoms with Crippen molar-refractivity contribution in [3.8, 4) is 11.5 Å². The Hall–Kier alpha value is -1.22. The molecule has 1 aromatic rings. The second-order valence-corrected chi connectivity index (χ2v) is 9.52. The number of benzene rings is 1. The average Bonchev–Trinajstić information content (AvgIpc) is 2.80. The lowest BCUT2D eigenvalue weighted by Crippen LogP contribution is -2.19. The van der Waals surface area contributed by atoms with Crippen molar-refractivity contribution in [3.05, 3.63) is 23.8 Å². The van der Waals surface area contributed by atoms with Gasteiger partial charge in [-0.25, -0.2) is 0 Å². The van der Waals surface area contributed by atoms with Gasteiger partial charge < -0.3 is 14.4 Å². The number of ether oxygens (including phenoxy) is 2. The molecule has 0 radical (unpaired) electrons. The third-order valence-corrected chi connectivity index (χ3v) is 6.33. The second-order valence-electron chi connectivity index (χ2n) is 9.52. The normalized spacial score (nSPS) is 11.3. The molecule has 0 aliphatic rings. The largest absolute Gasteiger partial charge is 0.493 e. The van der Waals surface area contributed by atoms with Crippen LogP contribution in [0.25, 0.3) is 0 Å². The Morgan fingerprint density at radius 1 is 0.656 bits per heavy atom. The van der Waals surface area contributed by atoms with E-state index in [9.17, 15) is 0 Å². The van der Waals surface area contributed by atoms with Gasteiger partial charge in [0, 0.05) is 6.54 Å². The minimum absolute atomic E-state index is 0.778. The van der Waals surface area contributed by atoms with Crippen molar-refractivity contribution in [1.29, 1.82) is 0 Å². The molecule has 0 bridgehead atoms. The first kappa shape index (κ1) is 28.8. The first-order chi connectivity index (χ1) is 15.7. The monoisotopic (exact) mass is 447 g/mol. The lowest BCUT2D eigenvalue weighted by Gasteiger charge is -2.18. The van der Waals surface area contributed by atoms with Gasteiger partial charge in [0.15, 0.2) is 11.5 Å². The minimum Gasteiger partial charge on any atom is -0.493 e. The molecule has 0 saturated heterocycles. The van der Waals surface area contributed by atoms with Crippen molar-refractivity contribution in [1.82, 2.24) is 4.90 Å². The van der Waals surface area contributed by atoms with Crippen LogP contribution in [0.1, 0.15) is 122 Å². The molecule has 0 atom stereocenters. The highest BCUT2D eigenvalue weighted by molar-refractivity contribution is 5.42. The van der Waals surface area contributed by atoms with Gasteiger partial charge in [-0.3, -0.25) is 0 Å². The fourth-order valence-corrected chi connectivity index (χ4v) is 4.25. The molecule has 32 heavy (non-hydrogen) atoms. The summed E-state index contributed by atoms with van der Waals surface area (Å²) in [5.41, 5.74) is 1.29. The van der Waals surface area contributed by atoms with Crippen LogP contribution >= 0.6 is 0 Å². The number of hydrogen-bond acceptors (Lipinski definition) is 3. The summed E-state index contributed by atoms with van der Waals surface area (Å²) < 4.78 is 11.6. The zero-order valence-electron chi connectivity index (χ0n) is 21.9. The van der Waals surface area contributed by atoms with Crippen LogP contribution < -0.4 is 9.47 Å². The summed E-state index contributed by atoms with van der Waals surface area (Å²) in [5, 5.41) is 0. The Labute approximate surface area is 200 Å². The van der Waals surface area contributed by atoms with E-state index in [1.165, 1.54) is 102 Å². The van der Waals surface area contributed by atoms with Crippen LogP contribution in [0, 0.1) is 0 Å². The van der Waals surface area contributed by atoms with Crippen LogP contribution in [0.3, 0.4) is 0 Å². The smallest absolute Gasteiger partial charge is 0.161 e. The Kier molecular flexibility index (Phi) is 18.4. The van der Waals surface area contributed by atoms with Gasteiger partial charge in [-0.15, -0.1) is 0 Å². The molecule has 0 amide bonds. The maximum absolute atomic E-state index is 5.99. The summed E-state index contributed by atoms with van der Waals surface area (Å²) in [6, 6.07) is 6.42. The van der Waals surface area contributed by atoms with E-state index in [1.54, 1.807) is 7.11 Å². The quantitative estimate of drug-likeness (QED) is 0.166. The van der Waals surface area contributed by atoms with Crippen LogP contribution in [0.15, 0.2) is 18.2 Å². The predicted octanol–water partition coefficient (Wildman–Crippen LogP) is 8.79. The highest BCUT2D eigenvalue weighted by Gasteiger charge is 2.08. The molecule has 3 nitrogen and oxygen atoms in total. The lowest BCUT2D eigenvalue weighted by atomic mass is 10.1. The fourth-order valence-electron chi connectivity index (χ4n) is 4.25. The SMILES string of the molecule is CCCCCCCCCCCCN(C)Cc1ccc(OCCCCCCCC)c(OC)c1. The van der Waals surface area contributed by atoms with Crippen molar-refractivity contribution in [2.75, 3.05) is 27.3 Å².